The summed E-state index contributed by atoms with van der Waals surface area (Å²) in [7, 11) is 0. The summed E-state index contributed by atoms with van der Waals surface area (Å²) in [6.45, 7) is 6.46. The first-order valence-electron chi connectivity index (χ1n) is 4.49. The Morgan fingerprint density at radius 3 is 1.79 bits per heavy atom. The topological polar surface area (TPSA) is 78.3 Å². The Morgan fingerprint density at radius 1 is 1.14 bits per heavy atom. The van der Waals surface area contributed by atoms with Gasteiger partial charge in [-0.05, 0) is 6.42 Å². The average molecular weight is 200 g/mol. The highest BCUT2D eigenvalue weighted by molar-refractivity contribution is 6.12. The molecule has 14 heavy (non-hydrogen) atoms. The number of nitrogens with one attached hydrogen (secondary N) is 1. The van der Waals surface area contributed by atoms with Gasteiger partial charge in [0.25, 0.3) is 11.8 Å². The Kier molecular flexibility index (Phi) is 10.2. The molecule has 0 spiro atoms. The van der Waals surface area contributed by atoms with E-state index in [-0.39, 0.29) is 11.8 Å². The molecule has 0 bridgehead atoms. The van der Waals surface area contributed by atoms with Gasteiger partial charge in [-0.2, -0.15) is 4.91 Å². The molecule has 1 heterocycles. The number of carbonyl (C=O) groups excluding carboxylic acids is 2. The summed E-state index contributed by atoms with van der Waals surface area (Å²) in [6.07, 6.45) is 3.43. The van der Waals surface area contributed by atoms with Crippen LogP contribution in [-0.4, -0.2) is 23.3 Å². The number of hydrogen-bond acceptors (Lipinski definition) is 4. The molecule has 0 radical (unpaired) electrons. The maximum absolute atomic E-state index is 10.8. The first kappa shape index (κ1) is 15.0. The van der Waals surface area contributed by atoms with E-state index in [1.807, 2.05) is 20.8 Å². The van der Waals surface area contributed by atoms with E-state index in [9.17, 15) is 9.59 Å². The fourth-order valence-electron chi connectivity index (χ4n) is 0.875. The zero-order valence-electron chi connectivity index (χ0n) is 8.74. The van der Waals surface area contributed by atoms with Crippen molar-refractivity contribution in [3.8, 4) is 0 Å². The molecule has 0 atom stereocenters. The largest absolute Gasteiger partial charge is 0.275 e. The Labute approximate surface area is 83.5 Å². The molecular formula is C9H16N2O3. The van der Waals surface area contributed by atoms with Crippen molar-refractivity contribution in [1.82, 2.24) is 4.90 Å². The quantitative estimate of drug-likeness (QED) is 0.544. The number of amides is 2. The van der Waals surface area contributed by atoms with Gasteiger partial charge in [0.15, 0.2) is 0 Å². The Hall–Kier alpha value is -1.52. The number of nitroso groups, excluding NO2 is 1. The molecule has 5 nitrogen and oxygen atoms in total. The Morgan fingerprint density at radius 2 is 1.50 bits per heavy atom. The minimum atomic E-state index is -0.188. The van der Waals surface area contributed by atoms with E-state index in [2.05, 4.69) is 5.59 Å². The van der Waals surface area contributed by atoms with E-state index in [0.29, 0.717) is 6.54 Å². The van der Waals surface area contributed by atoms with Gasteiger partial charge in [-0.1, -0.05) is 26.4 Å². The third-order valence-electron chi connectivity index (χ3n) is 1.35. The van der Waals surface area contributed by atoms with Crippen molar-refractivity contribution in [2.45, 2.75) is 27.2 Å². The summed E-state index contributed by atoms with van der Waals surface area (Å²) in [6, 6.07) is 0. The fraction of sp³-hybridized carbons (Fsp3) is 0.556. The van der Waals surface area contributed by atoms with Gasteiger partial charge in [0.2, 0.25) is 0 Å². The van der Waals surface area contributed by atoms with Crippen molar-refractivity contribution in [2.24, 2.45) is 0 Å². The summed E-state index contributed by atoms with van der Waals surface area (Å²) in [5.41, 5.74) is 4.50. The molecule has 0 aromatic heterocycles. The molecule has 1 aliphatic heterocycles. The molecule has 1 N–H and O–H groups in total. The van der Waals surface area contributed by atoms with Crippen LogP contribution in [-0.2, 0) is 9.59 Å². The molecule has 0 unspecified atom stereocenters. The molecule has 5 heteroatoms. The summed E-state index contributed by atoms with van der Waals surface area (Å²) in [5, 5.41) is 0. The standard InChI is InChI=1S/C7H9NO2.C2H6.HNO/c1-2-5-8-6(9)3-4-7(8)10;2*1-2/h3-4H,2,5H2,1H3;1-2H3;1H. The Balaban J connectivity index is 0. The monoisotopic (exact) mass is 200 g/mol. The van der Waals surface area contributed by atoms with E-state index in [1.165, 1.54) is 17.1 Å². The minimum Gasteiger partial charge on any atom is -0.275 e. The maximum Gasteiger partial charge on any atom is 0.253 e. The third-order valence-corrected chi connectivity index (χ3v) is 1.35. The van der Waals surface area contributed by atoms with Crippen LogP contribution in [0, 0.1) is 10.5 Å². The molecule has 0 saturated carbocycles. The third kappa shape index (κ3) is 4.49. The van der Waals surface area contributed by atoms with Gasteiger partial charge in [-0.25, -0.2) is 0 Å². The van der Waals surface area contributed by atoms with Crippen molar-refractivity contribution in [2.75, 3.05) is 6.54 Å². The van der Waals surface area contributed by atoms with Crippen LogP contribution in [0.3, 0.4) is 0 Å². The molecule has 0 fully saturated rings. The van der Waals surface area contributed by atoms with Gasteiger partial charge in [-0.15, -0.1) is 0 Å². The zero-order valence-corrected chi connectivity index (χ0v) is 8.74. The summed E-state index contributed by atoms with van der Waals surface area (Å²) in [5.74, 6) is -0.376. The highest BCUT2D eigenvalue weighted by Gasteiger charge is 2.21. The van der Waals surface area contributed by atoms with Crippen molar-refractivity contribution >= 4 is 11.8 Å². The van der Waals surface area contributed by atoms with Crippen LogP contribution in [0.2, 0.25) is 0 Å². The van der Waals surface area contributed by atoms with Gasteiger partial charge in [0.1, 0.15) is 0 Å². The first-order chi connectivity index (χ1) is 6.75. The number of hydrogen-bond donors (Lipinski definition) is 1. The predicted molar refractivity (Wildman–Crippen MR) is 53.6 cm³/mol. The number of imide groups is 1. The van der Waals surface area contributed by atoms with Crippen LogP contribution in [0.15, 0.2) is 12.2 Å². The van der Waals surface area contributed by atoms with Gasteiger partial charge < -0.3 is 0 Å². The SMILES string of the molecule is CC.CCCN1C(=O)C=CC1=O.N=O. The van der Waals surface area contributed by atoms with Crippen LogP contribution in [0.5, 0.6) is 0 Å². The van der Waals surface area contributed by atoms with Crippen molar-refractivity contribution in [1.29, 1.82) is 5.59 Å². The molecule has 80 valence electrons. The number of carbonyl (C=O) groups is 2. The summed E-state index contributed by atoms with van der Waals surface area (Å²) in [4.78, 5) is 30.3. The van der Waals surface area contributed by atoms with Crippen LogP contribution in [0.1, 0.15) is 27.2 Å². The normalized spacial score (nSPS) is 12.9. The minimum absolute atomic E-state index is 0.188. The molecular weight excluding hydrogens is 184 g/mol. The number of rotatable bonds is 2. The molecule has 0 aliphatic carbocycles. The lowest BCUT2D eigenvalue weighted by Gasteiger charge is -2.10. The summed E-state index contributed by atoms with van der Waals surface area (Å²) < 4.78 is 0. The fourth-order valence-corrected chi connectivity index (χ4v) is 0.875. The van der Waals surface area contributed by atoms with Crippen molar-refractivity contribution < 1.29 is 9.59 Å². The van der Waals surface area contributed by atoms with Gasteiger partial charge in [0.05, 0.1) is 0 Å². The molecule has 2 amide bonds. The smallest absolute Gasteiger partial charge is 0.253 e. The first-order valence-corrected chi connectivity index (χ1v) is 4.49. The molecule has 1 aliphatic rings. The van der Waals surface area contributed by atoms with Crippen LogP contribution in [0.25, 0.3) is 0 Å². The molecule has 0 aromatic carbocycles. The predicted octanol–water partition coefficient (Wildman–Crippen LogP) is 1.68. The summed E-state index contributed by atoms with van der Waals surface area (Å²) >= 11 is 0. The van der Waals surface area contributed by atoms with Gasteiger partial charge in [0, 0.05) is 18.7 Å². The average Bonchev–Trinajstić information content (AvgIpc) is 2.56. The van der Waals surface area contributed by atoms with Gasteiger partial charge >= 0.3 is 0 Å². The lowest BCUT2D eigenvalue weighted by Crippen LogP contribution is -2.30. The highest BCUT2D eigenvalue weighted by atomic mass is 16.2. The van der Waals surface area contributed by atoms with E-state index < -0.39 is 0 Å². The molecule has 0 aromatic rings. The van der Waals surface area contributed by atoms with Gasteiger partial charge in [-0.3, -0.25) is 14.5 Å². The van der Waals surface area contributed by atoms with E-state index in [4.69, 9.17) is 4.91 Å². The maximum atomic E-state index is 10.8. The van der Waals surface area contributed by atoms with Crippen LogP contribution < -0.4 is 0 Å². The molecule has 0 saturated heterocycles. The number of nitrogens with zero attached hydrogens (tertiary/aromatic N) is 1. The van der Waals surface area contributed by atoms with Crippen LogP contribution >= 0.6 is 0 Å². The molecule has 1 rings (SSSR count). The lowest BCUT2D eigenvalue weighted by molar-refractivity contribution is -0.136. The second-order valence-electron chi connectivity index (χ2n) is 2.16. The zero-order chi connectivity index (χ0) is 11.6. The lowest BCUT2D eigenvalue weighted by atomic mass is 10.4. The van der Waals surface area contributed by atoms with Crippen molar-refractivity contribution in [3.05, 3.63) is 17.1 Å². The van der Waals surface area contributed by atoms with E-state index >= 15 is 0 Å². The Bertz CT molecular complexity index is 196. The van der Waals surface area contributed by atoms with Crippen molar-refractivity contribution in [3.63, 3.8) is 0 Å². The van der Waals surface area contributed by atoms with Crippen LogP contribution in [0.4, 0.5) is 0 Å². The highest BCUT2D eigenvalue weighted by Crippen LogP contribution is 2.02. The van der Waals surface area contributed by atoms with E-state index in [1.54, 1.807) is 0 Å². The second kappa shape index (κ2) is 9.57. The van der Waals surface area contributed by atoms with E-state index in [0.717, 1.165) is 6.42 Å². The second-order valence-corrected chi connectivity index (χ2v) is 2.16.